The molecule has 1 amide bonds. The Balaban J connectivity index is 1.77. The van der Waals surface area contributed by atoms with Crippen LogP contribution in [0.3, 0.4) is 0 Å². The van der Waals surface area contributed by atoms with Crippen LogP contribution < -0.4 is 10.1 Å². The molecule has 6 heteroatoms. The zero-order chi connectivity index (χ0) is 17.9. The maximum absolute atomic E-state index is 11.9. The fraction of sp³-hybridized carbons (Fsp3) is 0.263. The maximum atomic E-state index is 11.9. The van der Waals surface area contributed by atoms with Crippen molar-refractivity contribution in [2.45, 2.75) is 6.42 Å². The van der Waals surface area contributed by atoms with Crippen molar-refractivity contribution in [3.8, 4) is 11.5 Å². The molecule has 1 N–H and O–H groups in total. The lowest BCUT2D eigenvalue weighted by Crippen LogP contribution is -2.30. The number of benzene rings is 2. The summed E-state index contributed by atoms with van der Waals surface area (Å²) >= 11 is 0. The van der Waals surface area contributed by atoms with Crippen LogP contribution in [0.5, 0.6) is 11.5 Å². The minimum Gasteiger partial charge on any atom is -0.457 e. The third-order valence-corrected chi connectivity index (χ3v) is 3.25. The van der Waals surface area contributed by atoms with Crippen LogP contribution in [0.1, 0.15) is 16.8 Å². The molecule has 0 aliphatic rings. The van der Waals surface area contributed by atoms with Gasteiger partial charge in [-0.15, -0.1) is 0 Å². The lowest BCUT2D eigenvalue weighted by atomic mass is 10.2. The fourth-order valence-electron chi connectivity index (χ4n) is 1.99. The highest BCUT2D eigenvalue weighted by molar-refractivity contribution is 5.91. The second-order valence-electron chi connectivity index (χ2n) is 5.21. The van der Waals surface area contributed by atoms with Gasteiger partial charge in [0.15, 0.2) is 6.61 Å². The number of amides is 1. The van der Waals surface area contributed by atoms with Crippen LogP contribution in [0.25, 0.3) is 0 Å². The Bertz CT molecular complexity index is 670. The van der Waals surface area contributed by atoms with Crippen molar-refractivity contribution in [1.82, 2.24) is 5.32 Å². The number of esters is 1. The molecule has 0 saturated carbocycles. The van der Waals surface area contributed by atoms with Crippen molar-refractivity contribution in [3.05, 3.63) is 60.2 Å². The van der Waals surface area contributed by atoms with Gasteiger partial charge in [-0.3, -0.25) is 4.79 Å². The lowest BCUT2D eigenvalue weighted by Gasteiger charge is -2.08. The minimum atomic E-state index is -0.557. The molecular formula is C19H21NO5. The van der Waals surface area contributed by atoms with Crippen molar-refractivity contribution in [3.63, 3.8) is 0 Å². The van der Waals surface area contributed by atoms with Crippen LogP contribution >= 0.6 is 0 Å². The number of hydrogen-bond donors (Lipinski definition) is 1. The van der Waals surface area contributed by atoms with Gasteiger partial charge in [-0.1, -0.05) is 18.2 Å². The zero-order valence-corrected chi connectivity index (χ0v) is 14.1. The molecule has 2 aromatic carbocycles. The molecule has 132 valence electrons. The summed E-state index contributed by atoms with van der Waals surface area (Å²) in [5.41, 5.74) is 0.354. The van der Waals surface area contributed by atoms with Gasteiger partial charge >= 0.3 is 5.97 Å². The summed E-state index contributed by atoms with van der Waals surface area (Å²) in [5.74, 6) is 0.424. The number of rotatable bonds is 9. The first-order valence-corrected chi connectivity index (χ1v) is 7.95. The molecule has 0 fully saturated rings. The molecule has 0 radical (unpaired) electrons. The van der Waals surface area contributed by atoms with Crippen molar-refractivity contribution >= 4 is 11.9 Å². The smallest absolute Gasteiger partial charge is 0.338 e. The van der Waals surface area contributed by atoms with E-state index in [0.29, 0.717) is 36.6 Å². The van der Waals surface area contributed by atoms with Crippen molar-refractivity contribution < 1.29 is 23.8 Å². The molecule has 0 aliphatic carbocycles. The molecule has 2 rings (SSSR count). The van der Waals surface area contributed by atoms with E-state index in [1.807, 2.05) is 30.3 Å². The quantitative estimate of drug-likeness (QED) is 0.560. The first kappa shape index (κ1) is 18.5. The van der Waals surface area contributed by atoms with Crippen LogP contribution in [0.2, 0.25) is 0 Å². The van der Waals surface area contributed by atoms with Crippen LogP contribution in [0, 0.1) is 0 Å². The fourth-order valence-corrected chi connectivity index (χ4v) is 1.99. The number of para-hydroxylation sites is 1. The summed E-state index contributed by atoms with van der Waals surface area (Å²) in [4.78, 5) is 23.5. The van der Waals surface area contributed by atoms with E-state index in [9.17, 15) is 9.59 Å². The second kappa shape index (κ2) is 10.1. The van der Waals surface area contributed by atoms with Gasteiger partial charge in [0.25, 0.3) is 5.91 Å². The molecule has 0 aliphatic heterocycles. The van der Waals surface area contributed by atoms with Crippen LogP contribution in [0.15, 0.2) is 54.6 Å². The van der Waals surface area contributed by atoms with Crippen LogP contribution in [-0.4, -0.2) is 38.7 Å². The van der Waals surface area contributed by atoms with Gasteiger partial charge in [0.1, 0.15) is 11.5 Å². The molecule has 0 saturated heterocycles. The van der Waals surface area contributed by atoms with E-state index in [2.05, 4.69) is 5.32 Å². The molecule has 0 aromatic heterocycles. The number of carbonyl (C=O) groups excluding carboxylic acids is 2. The predicted octanol–water partition coefficient (Wildman–Crippen LogP) is 2.79. The van der Waals surface area contributed by atoms with E-state index in [1.165, 1.54) is 0 Å². The summed E-state index contributed by atoms with van der Waals surface area (Å²) in [6.07, 6.45) is 0.707. The van der Waals surface area contributed by atoms with Crippen molar-refractivity contribution in [2.24, 2.45) is 0 Å². The Morgan fingerprint density at radius 2 is 1.64 bits per heavy atom. The van der Waals surface area contributed by atoms with E-state index < -0.39 is 5.97 Å². The Morgan fingerprint density at radius 1 is 0.960 bits per heavy atom. The summed E-state index contributed by atoms with van der Waals surface area (Å²) in [7, 11) is 1.60. The summed E-state index contributed by atoms with van der Waals surface area (Å²) in [6, 6.07) is 15.9. The summed E-state index contributed by atoms with van der Waals surface area (Å²) < 4.78 is 15.5. The number of methoxy groups -OCH3 is 1. The molecule has 0 atom stereocenters. The van der Waals surface area contributed by atoms with E-state index in [1.54, 1.807) is 31.4 Å². The standard InChI is InChI=1S/C19H21NO5/c1-23-13-5-12-20-18(21)14-24-19(22)15-8-10-17(11-9-15)25-16-6-3-2-4-7-16/h2-4,6-11H,5,12-14H2,1H3,(H,20,21). The normalized spacial score (nSPS) is 10.1. The Morgan fingerprint density at radius 3 is 2.32 bits per heavy atom. The topological polar surface area (TPSA) is 73.9 Å². The highest BCUT2D eigenvalue weighted by Crippen LogP contribution is 2.21. The third-order valence-electron chi connectivity index (χ3n) is 3.25. The number of carbonyl (C=O) groups is 2. The largest absolute Gasteiger partial charge is 0.457 e. The van der Waals surface area contributed by atoms with Gasteiger partial charge in [-0.2, -0.15) is 0 Å². The van der Waals surface area contributed by atoms with Gasteiger partial charge < -0.3 is 19.5 Å². The number of hydrogen-bond acceptors (Lipinski definition) is 5. The Kier molecular flexibility index (Phi) is 7.46. The van der Waals surface area contributed by atoms with Gasteiger partial charge in [0, 0.05) is 20.3 Å². The maximum Gasteiger partial charge on any atom is 0.338 e. The van der Waals surface area contributed by atoms with Crippen molar-refractivity contribution in [1.29, 1.82) is 0 Å². The van der Waals surface area contributed by atoms with Crippen molar-refractivity contribution in [2.75, 3.05) is 26.9 Å². The van der Waals surface area contributed by atoms with E-state index in [0.717, 1.165) is 0 Å². The lowest BCUT2D eigenvalue weighted by molar-refractivity contribution is -0.124. The molecule has 0 heterocycles. The molecule has 2 aromatic rings. The number of nitrogens with one attached hydrogen (secondary N) is 1. The SMILES string of the molecule is COCCCNC(=O)COC(=O)c1ccc(Oc2ccccc2)cc1. The average Bonchev–Trinajstić information content (AvgIpc) is 2.65. The molecular weight excluding hydrogens is 322 g/mol. The second-order valence-corrected chi connectivity index (χ2v) is 5.21. The zero-order valence-electron chi connectivity index (χ0n) is 14.1. The molecule has 25 heavy (non-hydrogen) atoms. The Hall–Kier alpha value is -2.86. The van der Waals surface area contributed by atoms with E-state index in [-0.39, 0.29) is 12.5 Å². The Labute approximate surface area is 146 Å². The minimum absolute atomic E-state index is 0.311. The van der Waals surface area contributed by atoms with Crippen LogP contribution in [-0.2, 0) is 14.3 Å². The first-order chi connectivity index (χ1) is 12.2. The molecule has 0 spiro atoms. The molecule has 0 bridgehead atoms. The highest BCUT2D eigenvalue weighted by Gasteiger charge is 2.10. The molecule has 0 unspecified atom stereocenters. The highest BCUT2D eigenvalue weighted by atomic mass is 16.5. The van der Waals surface area contributed by atoms with Crippen LogP contribution in [0.4, 0.5) is 0 Å². The van der Waals surface area contributed by atoms with Gasteiger partial charge in [0.05, 0.1) is 5.56 Å². The van der Waals surface area contributed by atoms with E-state index in [4.69, 9.17) is 14.2 Å². The third kappa shape index (κ3) is 6.64. The van der Waals surface area contributed by atoms with E-state index >= 15 is 0 Å². The van der Waals surface area contributed by atoms with Gasteiger partial charge in [-0.05, 0) is 42.8 Å². The molecule has 6 nitrogen and oxygen atoms in total. The predicted molar refractivity (Wildman–Crippen MR) is 92.7 cm³/mol. The monoisotopic (exact) mass is 343 g/mol. The summed E-state index contributed by atoms with van der Waals surface area (Å²) in [5, 5.41) is 2.64. The van der Waals surface area contributed by atoms with Gasteiger partial charge in [0.2, 0.25) is 0 Å². The number of ether oxygens (including phenoxy) is 3. The average molecular weight is 343 g/mol. The first-order valence-electron chi connectivity index (χ1n) is 7.95. The summed E-state index contributed by atoms with van der Waals surface area (Å²) in [6.45, 7) is 0.737. The van der Waals surface area contributed by atoms with Gasteiger partial charge in [-0.25, -0.2) is 4.79 Å².